The SMILES string of the molecule is CCS(=O)(=O)N[C@@H]1C[C@@H]2CC[C@@H](C)[C@@](O)(O2)C(=O)CN2CCCC[C@H]2C(=O)O[C@H](C(C)C[C@@H]2CC[C@@H](O)[C@H](OC)C2)CC[C@H](C)/C=C(\C)[C@@H](O)[C@@H](OC)C(=O)[C@H](C)C[C@H](C)/C=C/C=C/C=C/1C. The number of hydrogen-bond donors (Lipinski definition) is 4. The maximum absolute atomic E-state index is 14.4. The number of Topliss-reactive ketones (excluding diaryl/α,β-unsaturated/α-hetero) is 2. The Labute approximate surface area is 402 Å². The number of allylic oxidation sites excluding steroid dienone is 6. The van der Waals surface area contributed by atoms with Crippen LogP contribution < -0.4 is 4.72 Å². The number of carbonyl (C=O) groups is 3. The zero-order chi connectivity index (χ0) is 49.6. The third-order valence-electron chi connectivity index (χ3n) is 15.1. The normalized spacial score (nSPS) is 40.0. The molecular formula is C52H86N2O12S. The van der Waals surface area contributed by atoms with Crippen molar-refractivity contribution in [3.8, 4) is 0 Å². The average Bonchev–Trinajstić information content (AvgIpc) is 3.28. The first kappa shape index (κ1) is 57.0. The zero-order valence-electron chi connectivity index (χ0n) is 42.2. The van der Waals surface area contributed by atoms with Gasteiger partial charge in [-0.25, -0.2) is 13.1 Å². The molecule has 0 spiro atoms. The number of nitrogens with zero attached hydrogens (tertiary/aromatic N) is 1. The van der Waals surface area contributed by atoms with Gasteiger partial charge in [-0.3, -0.25) is 19.3 Å². The second-order valence-electron chi connectivity index (χ2n) is 20.6. The number of ether oxygens (including phenoxy) is 4. The van der Waals surface area contributed by atoms with Crippen LogP contribution in [0.25, 0.3) is 0 Å². The van der Waals surface area contributed by atoms with Gasteiger partial charge >= 0.3 is 5.97 Å². The molecule has 1 saturated carbocycles. The molecule has 0 aromatic carbocycles. The van der Waals surface area contributed by atoms with Crippen LogP contribution in [-0.4, -0.2) is 134 Å². The number of methoxy groups -OCH3 is 2. The summed E-state index contributed by atoms with van der Waals surface area (Å²) in [6.07, 6.45) is 15.1. The Morgan fingerprint density at radius 1 is 0.881 bits per heavy atom. The van der Waals surface area contributed by atoms with Crippen LogP contribution in [0.2, 0.25) is 0 Å². The van der Waals surface area contributed by atoms with Gasteiger partial charge < -0.3 is 34.3 Å². The highest BCUT2D eigenvalue weighted by Gasteiger charge is 2.49. The lowest BCUT2D eigenvalue weighted by atomic mass is 9.78. The average molecular weight is 963 g/mol. The first-order chi connectivity index (χ1) is 31.6. The number of hydrogen-bond acceptors (Lipinski definition) is 13. The Hall–Kier alpha value is -2.60. The van der Waals surface area contributed by atoms with Gasteiger partial charge in [-0.2, -0.15) is 0 Å². The van der Waals surface area contributed by atoms with Crippen LogP contribution in [0.5, 0.6) is 0 Å². The summed E-state index contributed by atoms with van der Waals surface area (Å²) in [7, 11) is -0.592. The molecule has 67 heavy (non-hydrogen) atoms. The number of esters is 1. The topological polar surface area (TPSA) is 198 Å². The summed E-state index contributed by atoms with van der Waals surface area (Å²) in [5.41, 5.74) is 1.34. The van der Waals surface area contributed by atoms with Gasteiger partial charge in [0.1, 0.15) is 24.4 Å². The number of nitrogens with one attached hydrogen (secondary N) is 1. The fourth-order valence-corrected chi connectivity index (χ4v) is 11.5. The van der Waals surface area contributed by atoms with Gasteiger partial charge in [0.15, 0.2) is 5.78 Å². The molecule has 1 unspecified atom stereocenters. The van der Waals surface area contributed by atoms with E-state index in [9.17, 15) is 38.1 Å². The Kier molecular flexibility index (Phi) is 22.6. The lowest BCUT2D eigenvalue weighted by molar-refractivity contribution is -0.265. The molecule has 0 radical (unpaired) electrons. The van der Waals surface area contributed by atoms with Crippen molar-refractivity contribution in [3.63, 3.8) is 0 Å². The van der Waals surface area contributed by atoms with E-state index >= 15 is 0 Å². The van der Waals surface area contributed by atoms with Crippen LogP contribution in [0.3, 0.4) is 0 Å². The molecule has 3 heterocycles. The van der Waals surface area contributed by atoms with E-state index in [1.165, 1.54) is 7.11 Å². The number of aliphatic hydroxyl groups excluding tert-OH is 2. The van der Waals surface area contributed by atoms with Crippen molar-refractivity contribution in [1.29, 1.82) is 0 Å². The molecule has 4 aliphatic rings. The van der Waals surface area contributed by atoms with Gasteiger partial charge in [-0.05, 0) is 134 Å². The van der Waals surface area contributed by atoms with Crippen molar-refractivity contribution in [2.75, 3.05) is 33.1 Å². The molecule has 3 fully saturated rings. The quantitative estimate of drug-likeness (QED) is 0.147. The van der Waals surface area contributed by atoms with Gasteiger partial charge in [0.25, 0.3) is 0 Å². The summed E-state index contributed by atoms with van der Waals surface area (Å²) in [5.74, 6) is -4.17. The molecule has 0 amide bonds. The van der Waals surface area contributed by atoms with Crippen molar-refractivity contribution in [3.05, 3.63) is 47.6 Å². The van der Waals surface area contributed by atoms with Crippen LogP contribution in [0.1, 0.15) is 139 Å². The fourth-order valence-electron chi connectivity index (χ4n) is 10.6. The lowest BCUT2D eigenvalue weighted by Gasteiger charge is -2.43. The summed E-state index contributed by atoms with van der Waals surface area (Å²) in [5, 5.41) is 34.1. The van der Waals surface area contributed by atoms with Gasteiger partial charge in [0, 0.05) is 32.1 Å². The minimum absolute atomic E-state index is 0.0174. The van der Waals surface area contributed by atoms with Gasteiger partial charge in [0.2, 0.25) is 21.6 Å². The van der Waals surface area contributed by atoms with Crippen LogP contribution >= 0.6 is 0 Å². The monoisotopic (exact) mass is 963 g/mol. The molecule has 3 aliphatic heterocycles. The molecule has 2 bridgehead atoms. The van der Waals surface area contributed by atoms with E-state index in [2.05, 4.69) is 11.6 Å². The number of rotatable bonds is 8. The molecule has 0 aromatic heterocycles. The Balaban J connectivity index is 1.68. The predicted molar refractivity (Wildman–Crippen MR) is 260 cm³/mol. The molecule has 1 aliphatic carbocycles. The van der Waals surface area contributed by atoms with E-state index in [1.807, 2.05) is 69.1 Å². The number of aliphatic hydroxyl groups is 3. The third-order valence-corrected chi connectivity index (χ3v) is 16.5. The van der Waals surface area contributed by atoms with Crippen molar-refractivity contribution < 1.29 is 57.1 Å². The number of sulfonamides is 1. The Morgan fingerprint density at radius 3 is 2.30 bits per heavy atom. The molecule has 15 atom stereocenters. The highest BCUT2D eigenvalue weighted by molar-refractivity contribution is 7.89. The molecular weight excluding hydrogens is 877 g/mol. The number of carbonyl (C=O) groups excluding carboxylic acids is 3. The first-order valence-corrected chi connectivity index (χ1v) is 26.8. The second kappa shape index (κ2) is 26.6. The van der Waals surface area contributed by atoms with Crippen LogP contribution in [0.4, 0.5) is 0 Å². The zero-order valence-corrected chi connectivity index (χ0v) is 43.0. The summed E-state index contributed by atoms with van der Waals surface area (Å²) < 4.78 is 52.8. The lowest BCUT2D eigenvalue weighted by Crippen LogP contribution is -2.58. The van der Waals surface area contributed by atoms with Crippen molar-refractivity contribution in [2.45, 2.75) is 193 Å². The third kappa shape index (κ3) is 16.5. The standard InChI is InChI=1S/C52H86N2O12S/c1-11-67(61,62)53-42-31-41-23-21-39(8)52(60,66-41)47(56)32-54-26-16-15-19-43(54)51(59)65-45(36(5)29-40-22-24-44(55)46(30-40)63-9)25-20-34(3)28-38(7)49(58)50(64-10)48(57)37(6)27-33(2)17-13-12-14-18-35(42)4/h12-14,17-18,28,33-34,36-37,39-46,49-50,53,55,58,60H,11,15-16,19-27,29-32H2,1-10H3/b14-12+,17-13+,35-18+,38-28+/t33-,34+,36?,37-,39-,40+,41+,42-,43+,44-,45+,46-,49-,50+,52-/m1/s1. The predicted octanol–water partition coefficient (Wildman–Crippen LogP) is 6.77. The summed E-state index contributed by atoms with van der Waals surface area (Å²) >= 11 is 0. The maximum atomic E-state index is 14.4. The molecule has 14 nitrogen and oxygen atoms in total. The molecule has 382 valence electrons. The molecule has 4 N–H and O–H groups in total. The molecule has 4 rings (SSSR count). The first-order valence-electron chi connectivity index (χ1n) is 25.2. The van der Waals surface area contributed by atoms with Crippen LogP contribution in [0.15, 0.2) is 47.6 Å². The summed E-state index contributed by atoms with van der Waals surface area (Å²) in [6, 6.07) is -1.39. The fraction of sp³-hybridized carbons (Fsp3) is 0.788. The smallest absolute Gasteiger partial charge is 0.323 e. The van der Waals surface area contributed by atoms with Crippen LogP contribution in [0, 0.1) is 35.5 Å². The number of piperidine rings is 1. The number of cyclic esters (lactones) is 1. The van der Waals surface area contributed by atoms with E-state index < -0.39 is 82.0 Å². The Morgan fingerprint density at radius 2 is 1.61 bits per heavy atom. The highest BCUT2D eigenvalue weighted by Crippen LogP contribution is 2.37. The van der Waals surface area contributed by atoms with E-state index in [0.717, 1.165) is 31.3 Å². The van der Waals surface area contributed by atoms with E-state index in [0.29, 0.717) is 63.5 Å². The van der Waals surface area contributed by atoms with Crippen molar-refractivity contribution in [2.24, 2.45) is 35.5 Å². The number of fused-ring (bicyclic) bond motifs is 3. The number of ketones is 2. The van der Waals surface area contributed by atoms with Gasteiger partial charge in [-0.1, -0.05) is 83.1 Å². The second-order valence-corrected chi connectivity index (χ2v) is 22.6. The molecule has 15 heteroatoms. The highest BCUT2D eigenvalue weighted by atomic mass is 32.2. The maximum Gasteiger partial charge on any atom is 0.323 e. The molecule has 2 saturated heterocycles. The van der Waals surface area contributed by atoms with Gasteiger partial charge in [0.05, 0.1) is 30.6 Å². The minimum atomic E-state index is -3.65. The summed E-state index contributed by atoms with van der Waals surface area (Å²) in [4.78, 5) is 44.3. The largest absolute Gasteiger partial charge is 0.461 e. The van der Waals surface area contributed by atoms with E-state index in [1.54, 1.807) is 27.9 Å². The van der Waals surface area contributed by atoms with E-state index in [-0.39, 0.29) is 54.3 Å². The minimum Gasteiger partial charge on any atom is -0.461 e. The van der Waals surface area contributed by atoms with Crippen LogP contribution in [-0.2, 0) is 43.4 Å². The van der Waals surface area contributed by atoms with E-state index in [4.69, 9.17) is 18.9 Å². The Bertz CT molecular complexity index is 1850. The molecule has 0 aromatic rings. The van der Waals surface area contributed by atoms with Crippen molar-refractivity contribution >= 4 is 27.6 Å². The van der Waals surface area contributed by atoms with Crippen molar-refractivity contribution in [1.82, 2.24) is 9.62 Å². The summed E-state index contributed by atoms with van der Waals surface area (Å²) in [6.45, 7) is 15.2. The van der Waals surface area contributed by atoms with Gasteiger partial charge in [-0.15, -0.1) is 0 Å².